The molecule has 0 unspecified atom stereocenters. The van der Waals surface area contributed by atoms with Crippen LogP contribution in [0.15, 0.2) is 23.6 Å². The van der Waals surface area contributed by atoms with Gasteiger partial charge in [0.25, 0.3) is 5.91 Å². The lowest BCUT2D eigenvalue weighted by Gasteiger charge is -2.25. The van der Waals surface area contributed by atoms with E-state index < -0.39 is 0 Å². The Labute approximate surface area is 174 Å². The van der Waals surface area contributed by atoms with E-state index in [1.807, 2.05) is 30.5 Å². The Morgan fingerprint density at radius 3 is 2.72 bits per heavy atom. The van der Waals surface area contributed by atoms with Gasteiger partial charge in [0.1, 0.15) is 16.5 Å². The average molecular weight is 419 g/mol. The molecule has 1 saturated heterocycles. The van der Waals surface area contributed by atoms with E-state index in [2.05, 4.69) is 20.7 Å². The number of aromatic nitrogens is 1. The highest BCUT2D eigenvalue weighted by molar-refractivity contribution is 7.09. The van der Waals surface area contributed by atoms with Gasteiger partial charge in [-0.1, -0.05) is 6.07 Å². The molecule has 2 aromatic rings. The Bertz CT molecular complexity index is 870. The van der Waals surface area contributed by atoms with Gasteiger partial charge in [-0.2, -0.15) is 0 Å². The lowest BCUT2D eigenvalue weighted by atomic mass is 10.0. The number of methoxy groups -OCH3 is 2. The van der Waals surface area contributed by atoms with Crippen LogP contribution in [0.2, 0.25) is 0 Å². The van der Waals surface area contributed by atoms with Crippen LogP contribution >= 0.6 is 11.3 Å². The largest absolute Gasteiger partial charge is 0.497 e. The molecule has 2 heterocycles. The Morgan fingerprint density at radius 1 is 1.24 bits per heavy atom. The molecule has 1 atom stereocenters. The predicted molar refractivity (Wildman–Crippen MR) is 110 cm³/mol. The number of hydrogen-bond acceptors (Lipinski definition) is 7. The Balaban J connectivity index is 1.55. The molecule has 0 bridgehead atoms. The molecule has 2 N–H and O–H groups in total. The number of aryl methyl sites for hydroxylation is 1. The van der Waals surface area contributed by atoms with E-state index in [1.54, 1.807) is 14.2 Å². The summed E-state index contributed by atoms with van der Waals surface area (Å²) in [5, 5.41) is 2.61. The topological polar surface area (TPSA) is 92.8 Å². The lowest BCUT2D eigenvalue weighted by Crippen LogP contribution is -2.46. The SMILES string of the molecule is COc1ccc([C@H]2CCCN2CC(=O)NNC(=O)Cc2nc(C)cs2)c(OC)c1. The zero-order chi connectivity index (χ0) is 20.8. The van der Waals surface area contributed by atoms with E-state index in [9.17, 15) is 9.59 Å². The Hall–Kier alpha value is -2.65. The van der Waals surface area contributed by atoms with Crippen molar-refractivity contribution in [3.8, 4) is 11.5 Å². The van der Waals surface area contributed by atoms with Crippen LogP contribution in [0.1, 0.15) is 35.1 Å². The summed E-state index contributed by atoms with van der Waals surface area (Å²) in [5.41, 5.74) is 6.88. The maximum atomic E-state index is 12.4. The molecule has 0 spiro atoms. The van der Waals surface area contributed by atoms with Crippen LogP contribution in [0.3, 0.4) is 0 Å². The number of rotatable bonds is 7. The molecule has 0 aliphatic carbocycles. The minimum atomic E-state index is -0.289. The summed E-state index contributed by atoms with van der Waals surface area (Å²) in [4.78, 5) is 30.7. The van der Waals surface area contributed by atoms with Crippen LogP contribution in [0.25, 0.3) is 0 Å². The van der Waals surface area contributed by atoms with E-state index in [0.29, 0.717) is 0 Å². The maximum Gasteiger partial charge on any atom is 0.252 e. The van der Waals surface area contributed by atoms with Crippen LogP contribution < -0.4 is 20.3 Å². The third kappa shape index (κ3) is 5.45. The standard InChI is InChI=1S/C20H26N4O4S/c1-13-12-29-20(21-13)10-18(25)22-23-19(26)11-24-8-4-5-16(24)15-7-6-14(27-2)9-17(15)28-3/h6-7,9,12,16H,4-5,8,10-11H2,1-3H3,(H,22,25)(H,23,26)/t16-/m1/s1. The number of hydrogen-bond donors (Lipinski definition) is 2. The minimum Gasteiger partial charge on any atom is -0.497 e. The Kier molecular flexibility index (Phi) is 7.05. The first-order valence-corrected chi connectivity index (χ1v) is 10.3. The summed E-state index contributed by atoms with van der Waals surface area (Å²) in [5.74, 6) is 0.926. The van der Waals surface area contributed by atoms with E-state index in [0.717, 1.165) is 47.2 Å². The van der Waals surface area contributed by atoms with E-state index in [-0.39, 0.29) is 30.8 Å². The van der Waals surface area contributed by atoms with Gasteiger partial charge in [0.2, 0.25) is 5.91 Å². The molecule has 1 aliphatic heterocycles. The van der Waals surface area contributed by atoms with Crippen molar-refractivity contribution in [1.82, 2.24) is 20.7 Å². The highest BCUT2D eigenvalue weighted by Gasteiger charge is 2.30. The van der Waals surface area contributed by atoms with Crippen molar-refractivity contribution in [2.75, 3.05) is 27.3 Å². The van der Waals surface area contributed by atoms with Crippen LogP contribution in [0, 0.1) is 6.92 Å². The van der Waals surface area contributed by atoms with Gasteiger partial charge in [0.05, 0.1) is 27.2 Å². The molecular weight excluding hydrogens is 392 g/mol. The molecule has 1 aromatic carbocycles. The fourth-order valence-corrected chi connectivity index (χ4v) is 4.26. The number of hydrazine groups is 1. The molecule has 29 heavy (non-hydrogen) atoms. The van der Waals surface area contributed by atoms with Gasteiger partial charge >= 0.3 is 0 Å². The van der Waals surface area contributed by atoms with Gasteiger partial charge in [0.15, 0.2) is 0 Å². The fourth-order valence-electron chi connectivity index (χ4n) is 3.49. The first-order valence-electron chi connectivity index (χ1n) is 9.44. The number of ether oxygens (including phenoxy) is 2. The van der Waals surface area contributed by atoms with Crippen molar-refractivity contribution in [3.05, 3.63) is 39.8 Å². The number of carbonyl (C=O) groups excluding carboxylic acids is 2. The zero-order valence-corrected chi connectivity index (χ0v) is 17.7. The molecule has 156 valence electrons. The molecule has 2 amide bonds. The van der Waals surface area contributed by atoms with E-state index >= 15 is 0 Å². The monoisotopic (exact) mass is 418 g/mol. The van der Waals surface area contributed by atoms with Gasteiger partial charge in [-0.05, 0) is 32.4 Å². The normalized spacial score (nSPS) is 16.4. The average Bonchev–Trinajstić information content (AvgIpc) is 3.34. The van der Waals surface area contributed by atoms with Gasteiger partial charge < -0.3 is 9.47 Å². The summed E-state index contributed by atoms with van der Waals surface area (Å²) in [7, 11) is 3.24. The van der Waals surface area contributed by atoms with Crippen LogP contribution in [-0.2, 0) is 16.0 Å². The van der Waals surface area contributed by atoms with Crippen molar-refractivity contribution >= 4 is 23.2 Å². The zero-order valence-electron chi connectivity index (χ0n) is 16.9. The Morgan fingerprint density at radius 2 is 2.03 bits per heavy atom. The van der Waals surface area contributed by atoms with Crippen LogP contribution in [-0.4, -0.2) is 49.0 Å². The van der Waals surface area contributed by atoms with Crippen molar-refractivity contribution in [1.29, 1.82) is 0 Å². The summed E-state index contributed by atoms with van der Waals surface area (Å²) < 4.78 is 10.8. The van der Waals surface area contributed by atoms with Crippen LogP contribution in [0.4, 0.5) is 0 Å². The second kappa shape index (κ2) is 9.71. The van der Waals surface area contributed by atoms with Crippen molar-refractivity contribution in [2.24, 2.45) is 0 Å². The highest BCUT2D eigenvalue weighted by atomic mass is 32.1. The van der Waals surface area contributed by atoms with Crippen molar-refractivity contribution < 1.29 is 19.1 Å². The molecule has 3 rings (SSSR count). The van der Waals surface area contributed by atoms with E-state index in [1.165, 1.54) is 11.3 Å². The predicted octanol–water partition coefficient (Wildman–Crippen LogP) is 2.00. The number of likely N-dealkylation sites (tertiary alicyclic amines) is 1. The molecule has 0 saturated carbocycles. The number of benzene rings is 1. The van der Waals surface area contributed by atoms with Gasteiger partial charge in [0, 0.05) is 28.7 Å². The number of amides is 2. The number of nitrogens with zero attached hydrogens (tertiary/aromatic N) is 2. The molecule has 8 nitrogen and oxygen atoms in total. The number of carbonyl (C=O) groups is 2. The number of thiazole rings is 1. The summed E-state index contributed by atoms with van der Waals surface area (Å²) in [6, 6.07) is 5.81. The summed E-state index contributed by atoms with van der Waals surface area (Å²) >= 11 is 1.43. The first kappa shape index (κ1) is 21.1. The summed E-state index contributed by atoms with van der Waals surface area (Å²) in [6.07, 6.45) is 2.07. The quantitative estimate of drug-likeness (QED) is 0.668. The molecule has 9 heteroatoms. The molecule has 1 aliphatic rings. The van der Waals surface area contributed by atoms with Gasteiger partial charge in [-0.25, -0.2) is 4.98 Å². The first-order chi connectivity index (χ1) is 14.0. The maximum absolute atomic E-state index is 12.4. The highest BCUT2D eigenvalue weighted by Crippen LogP contribution is 2.38. The second-order valence-corrected chi connectivity index (χ2v) is 7.83. The van der Waals surface area contributed by atoms with Gasteiger partial charge in [-0.3, -0.25) is 25.3 Å². The molecule has 1 fully saturated rings. The smallest absolute Gasteiger partial charge is 0.252 e. The van der Waals surface area contributed by atoms with E-state index in [4.69, 9.17) is 9.47 Å². The lowest BCUT2D eigenvalue weighted by molar-refractivity contribution is -0.129. The third-order valence-corrected chi connectivity index (χ3v) is 5.80. The fraction of sp³-hybridized carbons (Fsp3) is 0.450. The minimum absolute atomic E-state index is 0.0793. The van der Waals surface area contributed by atoms with Crippen molar-refractivity contribution in [2.45, 2.75) is 32.2 Å². The second-order valence-electron chi connectivity index (χ2n) is 6.89. The summed E-state index contributed by atoms with van der Waals surface area (Å²) in [6.45, 7) is 2.88. The molecule has 1 aromatic heterocycles. The number of nitrogens with one attached hydrogen (secondary N) is 2. The molecular formula is C20H26N4O4S. The van der Waals surface area contributed by atoms with Crippen molar-refractivity contribution in [3.63, 3.8) is 0 Å². The third-order valence-electron chi connectivity index (χ3n) is 4.83. The molecule has 0 radical (unpaired) electrons. The van der Waals surface area contributed by atoms with Crippen LogP contribution in [0.5, 0.6) is 11.5 Å². The van der Waals surface area contributed by atoms with Gasteiger partial charge in [-0.15, -0.1) is 11.3 Å².